The molecule has 1 aromatic carbocycles. The standard InChI is InChI=1S/C17H23NO2S/c1-3-9-18(10-4-2)11-12-20-17(19)15-13-21-16-8-6-5-7-14(15)16/h5-8,13H,3-4,9-12H2,1-2H3. The second-order valence-electron chi connectivity index (χ2n) is 5.12. The number of carbonyl (C=O) groups is 1. The topological polar surface area (TPSA) is 29.5 Å². The summed E-state index contributed by atoms with van der Waals surface area (Å²) in [6, 6.07) is 7.95. The Morgan fingerprint density at radius 1 is 1.14 bits per heavy atom. The second-order valence-corrected chi connectivity index (χ2v) is 6.03. The number of nitrogens with zero attached hydrogens (tertiary/aromatic N) is 1. The Bertz CT molecular complexity index is 573. The predicted molar refractivity (Wildman–Crippen MR) is 89.1 cm³/mol. The fourth-order valence-electron chi connectivity index (χ4n) is 2.45. The molecule has 0 aliphatic heterocycles. The minimum Gasteiger partial charge on any atom is -0.461 e. The van der Waals surface area contributed by atoms with Gasteiger partial charge in [-0.2, -0.15) is 0 Å². The molecule has 0 amide bonds. The summed E-state index contributed by atoms with van der Waals surface area (Å²) in [6.07, 6.45) is 2.26. The summed E-state index contributed by atoms with van der Waals surface area (Å²) in [5.74, 6) is -0.208. The molecule has 0 radical (unpaired) electrons. The first-order valence-corrected chi connectivity index (χ1v) is 8.50. The highest BCUT2D eigenvalue weighted by atomic mass is 32.1. The Balaban J connectivity index is 1.90. The first kappa shape index (κ1) is 16.0. The fraction of sp³-hybridized carbons (Fsp3) is 0.471. The van der Waals surface area contributed by atoms with E-state index in [2.05, 4.69) is 18.7 Å². The lowest BCUT2D eigenvalue weighted by molar-refractivity contribution is 0.0464. The second kappa shape index (κ2) is 8.15. The van der Waals surface area contributed by atoms with Crippen molar-refractivity contribution in [2.24, 2.45) is 0 Å². The van der Waals surface area contributed by atoms with Crippen LogP contribution >= 0.6 is 11.3 Å². The van der Waals surface area contributed by atoms with Crippen LogP contribution in [0, 0.1) is 0 Å². The molecule has 0 unspecified atom stereocenters. The summed E-state index contributed by atoms with van der Waals surface area (Å²) in [6.45, 7) is 7.75. The molecule has 0 fully saturated rings. The average Bonchev–Trinajstić information content (AvgIpc) is 2.91. The van der Waals surface area contributed by atoms with Gasteiger partial charge in [-0.3, -0.25) is 4.90 Å². The van der Waals surface area contributed by atoms with E-state index in [0.29, 0.717) is 12.2 Å². The zero-order valence-corrected chi connectivity index (χ0v) is 13.6. The first-order chi connectivity index (χ1) is 10.3. The smallest absolute Gasteiger partial charge is 0.339 e. The predicted octanol–water partition coefficient (Wildman–Crippen LogP) is 4.18. The zero-order chi connectivity index (χ0) is 15.1. The minimum atomic E-state index is -0.208. The molecule has 0 bridgehead atoms. The minimum absolute atomic E-state index is 0.208. The molecule has 0 N–H and O–H groups in total. The van der Waals surface area contributed by atoms with Crippen LogP contribution in [0.4, 0.5) is 0 Å². The van der Waals surface area contributed by atoms with Gasteiger partial charge in [-0.15, -0.1) is 11.3 Å². The number of hydrogen-bond acceptors (Lipinski definition) is 4. The fourth-order valence-corrected chi connectivity index (χ4v) is 3.38. The van der Waals surface area contributed by atoms with Gasteiger partial charge in [-0.1, -0.05) is 32.0 Å². The maximum Gasteiger partial charge on any atom is 0.339 e. The van der Waals surface area contributed by atoms with E-state index in [1.54, 1.807) is 11.3 Å². The van der Waals surface area contributed by atoms with Gasteiger partial charge in [0.25, 0.3) is 0 Å². The van der Waals surface area contributed by atoms with E-state index in [1.807, 2.05) is 29.6 Å². The quantitative estimate of drug-likeness (QED) is 0.685. The highest BCUT2D eigenvalue weighted by molar-refractivity contribution is 7.17. The van der Waals surface area contributed by atoms with Crippen molar-refractivity contribution in [3.8, 4) is 0 Å². The van der Waals surface area contributed by atoms with Gasteiger partial charge >= 0.3 is 5.97 Å². The molecule has 2 aromatic rings. The third kappa shape index (κ3) is 4.29. The molecular formula is C17H23NO2S. The number of hydrogen-bond donors (Lipinski definition) is 0. The van der Waals surface area contributed by atoms with Crippen LogP contribution in [0.5, 0.6) is 0 Å². The van der Waals surface area contributed by atoms with Gasteiger partial charge in [-0.25, -0.2) is 4.79 Å². The molecule has 0 atom stereocenters. The van der Waals surface area contributed by atoms with Crippen LogP contribution in [0.1, 0.15) is 37.0 Å². The van der Waals surface area contributed by atoms with Gasteiger partial charge in [0.15, 0.2) is 0 Å². The van der Waals surface area contributed by atoms with Crippen molar-refractivity contribution >= 4 is 27.4 Å². The van der Waals surface area contributed by atoms with E-state index in [1.165, 1.54) is 0 Å². The highest BCUT2D eigenvalue weighted by Gasteiger charge is 2.13. The van der Waals surface area contributed by atoms with Crippen LogP contribution in [0.3, 0.4) is 0 Å². The number of esters is 1. The Kier molecular flexibility index (Phi) is 6.21. The van der Waals surface area contributed by atoms with Crippen LogP contribution in [-0.4, -0.2) is 37.1 Å². The van der Waals surface area contributed by atoms with Gasteiger partial charge in [0.05, 0.1) is 5.56 Å². The highest BCUT2D eigenvalue weighted by Crippen LogP contribution is 2.26. The number of thiophene rings is 1. The van der Waals surface area contributed by atoms with Crippen LogP contribution in [-0.2, 0) is 4.74 Å². The van der Waals surface area contributed by atoms with Crippen molar-refractivity contribution in [3.05, 3.63) is 35.2 Å². The maximum atomic E-state index is 12.2. The van der Waals surface area contributed by atoms with Gasteiger partial charge in [-0.05, 0) is 32.0 Å². The monoisotopic (exact) mass is 305 g/mol. The van der Waals surface area contributed by atoms with E-state index in [-0.39, 0.29) is 5.97 Å². The normalized spacial score (nSPS) is 11.2. The van der Waals surface area contributed by atoms with Crippen LogP contribution in [0.25, 0.3) is 10.1 Å². The molecule has 1 heterocycles. The van der Waals surface area contributed by atoms with E-state index >= 15 is 0 Å². The van der Waals surface area contributed by atoms with Crippen molar-refractivity contribution in [2.45, 2.75) is 26.7 Å². The molecule has 1 aromatic heterocycles. The number of carbonyl (C=O) groups excluding carboxylic acids is 1. The summed E-state index contributed by atoms with van der Waals surface area (Å²) in [4.78, 5) is 14.5. The molecule has 3 nitrogen and oxygen atoms in total. The Labute approximate surface area is 130 Å². The van der Waals surface area contributed by atoms with E-state index < -0.39 is 0 Å². The Morgan fingerprint density at radius 3 is 2.57 bits per heavy atom. The lowest BCUT2D eigenvalue weighted by Gasteiger charge is -2.20. The van der Waals surface area contributed by atoms with Gasteiger partial charge in [0, 0.05) is 22.0 Å². The molecule has 0 aliphatic carbocycles. The zero-order valence-electron chi connectivity index (χ0n) is 12.8. The van der Waals surface area contributed by atoms with Crippen LogP contribution < -0.4 is 0 Å². The van der Waals surface area contributed by atoms with Gasteiger partial charge < -0.3 is 4.74 Å². The molecule has 0 aliphatic rings. The van der Waals surface area contributed by atoms with Crippen molar-refractivity contribution in [2.75, 3.05) is 26.2 Å². The third-order valence-electron chi connectivity index (χ3n) is 3.42. The lowest BCUT2D eigenvalue weighted by atomic mass is 10.2. The largest absolute Gasteiger partial charge is 0.461 e. The van der Waals surface area contributed by atoms with Crippen LogP contribution in [0.15, 0.2) is 29.6 Å². The molecule has 21 heavy (non-hydrogen) atoms. The van der Waals surface area contributed by atoms with Crippen molar-refractivity contribution in [1.29, 1.82) is 0 Å². The SMILES string of the molecule is CCCN(CCC)CCOC(=O)c1csc2ccccc12. The molecule has 0 spiro atoms. The van der Waals surface area contributed by atoms with Crippen molar-refractivity contribution < 1.29 is 9.53 Å². The summed E-state index contributed by atoms with van der Waals surface area (Å²) in [5.41, 5.74) is 0.688. The molecule has 4 heteroatoms. The summed E-state index contributed by atoms with van der Waals surface area (Å²) < 4.78 is 6.57. The van der Waals surface area contributed by atoms with Crippen molar-refractivity contribution in [1.82, 2.24) is 4.90 Å². The maximum absolute atomic E-state index is 12.2. The number of benzene rings is 1. The molecular weight excluding hydrogens is 282 g/mol. The van der Waals surface area contributed by atoms with Gasteiger partial charge in [0.2, 0.25) is 0 Å². The summed E-state index contributed by atoms with van der Waals surface area (Å²) in [5, 5.41) is 2.88. The van der Waals surface area contributed by atoms with E-state index in [9.17, 15) is 4.79 Å². The number of rotatable bonds is 8. The van der Waals surface area contributed by atoms with E-state index in [4.69, 9.17) is 4.74 Å². The average molecular weight is 305 g/mol. The lowest BCUT2D eigenvalue weighted by Crippen LogP contribution is -2.29. The Hall–Kier alpha value is -1.39. The van der Waals surface area contributed by atoms with E-state index in [0.717, 1.165) is 42.6 Å². The molecule has 0 saturated heterocycles. The Morgan fingerprint density at radius 2 is 1.86 bits per heavy atom. The molecule has 2 rings (SSSR count). The third-order valence-corrected chi connectivity index (χ3v) is 4.38. The van der Waals surface area contributed by atoms with Crippen LogP contribution in [0.2, 0.25) is 0 Å². The number of fused-ring (bicyclic) bond motifs is 1. The summed E-state index contributed by atoms with van der Waals surface area (Å²) in [7, 11) is 0. The van der Waals surface area contributed by atoms with Gasteiger partial charge in [0.1, 0.15) is 6.61 Å². The number of ether oxygens (including phenoxy) is 1. The first-order valence-electron chi connectivity index (χ1n) is 7.62. The molecule has 114 valence electrons. The molecule has 0 saturated carbocycles. The summed E-state index contributed by atoms with van der Waals surface area (Å²) >= 11 is 1.59. The van der Waals surface area contributed by atoms with Crippen molar-refractivity contribution in [3.63, 3.8) is 0 Å².